The summed E-state index contributed by atoms with van der Waals surface area (Å²) < 4.78 is 24.4. The summed E-state index contributed by atoms with van der Waals surface area (Å²) in [6, 6.07) is 5.02. The highest BCUT2D eigenvalue weighted by atomic mass is 32.2. The molecular weight excluding hydrogens is 318 g/mol. The van der Waals surface area contributed by atoms with Crippen molar-refractivity contribution in [2.75, 3.05) is 0 Å². The topological polar surface area (TPSA) is 57.9 Å². The molecule has 7 heteroatoms. The van der Waals surface area contributed by atoms with E-state index >= 15 is 0 Å². The van der Waals surface area contributed by atoms with Gasteiger partial charge in [0.1, 0.15) is 6.07 Å². The number of nitriles is 1. The molecule has 2 rings (SSSR count). The van der Waals surface area contributed by atoms with Crippen molar-refractivity contribution in [1.82, 2.24) is 0 Å². The molecule has 0 radical (unpaired) electrons. The standard InChI is InChI=1S/C12H9NO2S4/c1-8-12(16)5-9(18-8)4-11(6-13)19(14,15)10-2-3-17-7-10/h2-5,7,16H,1H3. The molecule has 0 saturated heterocycles. The van der Waals surface area contributed by atoms with Crippen LogP contribution in [0.2, 0.25) is 0 Å². The van der Waals surface area contributed by atoms with E-state index in [0.717, 1.165) is 9.77 Å². The molecule has 0 aliphatic heterocycles. The van der Waals surface area contributed by atoms with Gasteiger partial charge in [-0.15, -0.1) is 24.0 Å². The van der Waals surface area contributed by atoms with Crippen LogP contribution < -0.4 is 0 Å². The maximum atomic E-state index is 12.2. The molecule has 0 aromatic carbocycles. The van der Waals surface area contributed by atoms with E-state index in [9.17, 15) is 8.42 Å². The average Bonchev–Trinajstić information content (AvgIpc) is 2.97. The van der Waals surface area contributed by atoms with E-state index in [-0.39, 0.29) is 9.80 Å². The number of thiophene rings is 2. The Hall–Kier alpha value is -1.07. The molecule has 0 bridgehead atoms. The first-order valence-electron chi connectivity index (χ1n) is 5.13. The van der Waals surface area contributed by atoms with Crippen molar-refractivity contribution in [3.63, 3.8) is 0 Å². The van der Waals surface area contributed by atoms with E-state index in [1.165, 1.54) is 40.2 Å². The molecule has 0 aliphatic carbocycles. The van der Waals surface area contributed by atoms with E-state index in [0.29, 0.717) is 4.88 Å². The molecule has 0 fully saturated rings. The summed E-state index contributed by atoms with van der Waals surface area (Å²) in [7, 11) is -3.72. The second-order valence-corrected chi connectivity index (χ2v) is 8.14. The van der Waals surface area contributed by atoms with Crippen LogP contribution in [0.5, 0.6) is 0 Å². The second-order valence-electron chi connectivity index (χ2n) is 3.67. The minimum Gasteiger partial charge on any atom is -0.218 e. The van der Waals surface area contributed by atoms with Gasteiger partial charge in [-0.1, -0.05) is 0 Å². The van der Waals surface area contributed by atoms with E-state index in [1.807, 2.05) is 6.92 Å². The molecular formula is C12H9NO2S4. The number of nitrogens with zero attached hydrogens (tertiary/aromatic N) is 1. The normalized spacial score (nSPS) is 12.4. The third-order valence-electron chi connectivity index (χ3n) is 2.39. The Bertz CT molecular complexity index is 742. The number of allylic oxidation sites excluding steroid dienone is 1. The molecule has 0 saturated carbocycles. The van der Waals surface area contributed by atoms with Gasteiger partial charge in [0.25, 0.3) is 0 Å². The summed E-state index contributed by atoms with van der Waals surface area (Å²) in [5.41, 5.74) is 0. The number of thiol groups is 1. The van der Waals surface area contributed by atoms with Gasteiger partial charge >= 0.3 is 0 Å². The smallest absolute Gasteiger partial charge is 0.217 e. The van der Waals surface area contributed by atoms with Gasteiger partial charge in [-0.25, -0.2) is 8.42 Å². The van der Waals surface area contributed by atoms with Crippen LogP contribution in [0.1, 0.15) is 9.75 Å². The summed E-state index contributed by atoms with van der Waals surface area (Å²) in [6.07, 6.45) is 1.39. The van der Waals surface area contributed by atoms with Gasteiger partial charge in [0.15, 0.2) is 4.91 Å². The first-order valence-corrected chi connectivity index (χ1v) is 8.82. The summed E-state index contributed by atoms with van der Waals surface area (Å²) in [5, 5.41) is 12.3. The van der Waals surface area contributed by atoms with Crippen molar-refractivity contribution >= 4 is 51.2 Å². The molecule has 2 heterocycles. The van der Waals surface area contributed by atoms with Crippen LogP contribution in [-0.4, -0.2) is 8.42 Å². The van der Waals surface area contributed by atoms with Crippen LogP contribution >= 0.6 is 35.3 Å². The number of hydrogen-bond acceptors (Lipinski definition) is 6. The lowest BCUT2D eigenvalue weighted by atomic mass is 10.4. The third kappa shape index (κ3) is 2.92. The van der Waals surface area contributed by atoms with Crippen molar-refractivity contribution < 1.29 is 8.42 Å². The lowest BCUT2D eigenvalue weighted by Crippen LogP contribution is -2.01. The Morgan fingerprint density at radius 3 is 2.74 bits per heavy atom. The Balaban J connectivity index is 2.50. The minimum atomic E-state index is -3.72. The Morgan fingerprint density at radius 2 is 2.26 bits per heavy atom. The maximum Gasteiger partial charge on any atom is 0.217 e. The fraction of sp³-hybridized carbons (Fsp3) is 0.0833. The molecule has 0 N–H and O–H groups in total. The average molecular weight is 327 g/mol. The fourth-order valence-corrected chi connectivity index (χ4v) is 4.88. The highest BCUT2D eigenvalue weighted by Crippen LogP contribution is 2.29. The van der Waals surface area contributed by atoms with Crippen molar-refractivity contribution in [3.8, 4) is 6.07 Å². The summed E-state index contributed by atoms with van der Waals surface area (Å²) in [5.74, 6) is 0. The summed E-state index contributed by atoms with van der Waals surface area (Å²) in [4.78, 5) is 2.39. The van der Waals surface area contributed by atoms with E-state index in [4.69, 9.17) is 5.26 Å². The van der Waals surface area contributed by atoms with Crippen molar-refractivity contribution in [2.24, 2.45) is 0 Å². The maximum absolute atomic E-state index is 12.2. The molecule has 2 aromatic heterocycles. The number of rotatable bonds is 3. The molecule has 0 unspecified atom stereocenters. The van der Waals surface area contributed by atoms with E-state index in [2.05, 4.69) is 12.6 Å². The fourth-order valence-electron chi connectivity index (χ4n) is 1.40. The lowest BCUT2D eigenvalue weighted by molar-refractivity contribution is 0.603. The van der Waals surface area contributed by atoms with Gasteiger partial charge in [-0.05, 0) is 30.5 Å². The molecule has 0 spiro atoms. The van der Waals surface area contributed by atoms with Crippen LogP contribution in [0.3, 0.4) is 0 Å². The van der Waals surface area contributed by atoms with Gasteiger partial charge in [0.2, 0.25) is 9.84 Å². The SMILES string of the molecule is Cc1sc(C=C(C#N)S(=O)(=O)c2ccsc2)cc1S. The predicted molar refractivity (Wildman–Crippen MR) is 81.4 cm³/mol. The zero-order chi connectivity index (χ0) is 14.0. The zero-order valence-corrected chi connectivity index (χ0v) is 13.2. The van der Waals surface area contributed by atoms with Crippen LogP contribution in [0.15, 0.2) is 37.6 Å². The second kappa shape index (κ2) is 5.51. The summed E-state index contributed by atoms with van der Waals surface area (Å²) in [6.45, 7) is 1.89. The molecule has 0 aliphatic rings. The molecule has 2 aromatic rings. The molecule has 19 heavy (non-hydrogen) atoms. The van der Waals surface area contributed by atoms with Crippen molar-refractivity contribution in [2.45, 2.75) is 16.7 Å². The van der Waals surface area contributed by atoms with E-state index in [1.54, 1.807) is 17.5 Å². The number of aryl methyl sites for hydroxylation is 1. The Morgan fingerprint density at radius 1 is 1.53 bits per heavy atom. The van der Waals surface area contributed by atoms with Crippen molar-refractivity contribution in [3.05, 3.63) is 37.6 Å². The lowest BCUT2D eigenvalue weighted by Gasteiger charge is -1.98. The zero-order valence-electron chi connectivity index (χ0n) is 9.82. The Kier molecular flexibility index (Phi) is 4.16. The quantitative estimate of drug-likeness (QED) is 0.690. The van der Waals surface area contributed by atoms with Crippen LogP contribution in [-0.2, 0) is 9.84 Å². The van der Waals surface area contributed by atoms with E-state index < -0.39 is 9.84 Å². The largest absolute Gasteiger partial charge is 0.218 e. The third-order valence-corrected chi connectivity index (χ3v) is 6.50. The molecule has 98 valence electrons. The number of hydrogen-bond donors (Lipinski definition) is 1. The van der Waals surface area contributed by atoms with Crippen molar-refractivity contribution in [1.29, 1.82) is 5.26 Å². The van der Waals surface area contributed by atoms with Gasteiger partial charge in [-0.3, -0.25) is 0 Å². The van der Waals surface area contributed by atoms with Gasteiger partial charge < -0.3 is 0 Å². The number of sulfone groups is 1. The summed E-state index contributed by atoms with van der Waals surface area (Å²) >= 11 is 6.94. The molecule has 0 amide bonds. The Labute approximate surface area is 125 Å². The highest BCUT2D eigenvalue weighted by Gasteiger charge is 2.21. The minimum absolute atomic E-state index is 0.157. The monoisotopic (exact) mass is 327 g/mol. The van der Waals surface area contributed by atoms with Crippen LogP contribution in [0.25, 0.3) is 6.08 Å². The van der Waals surface area contributed by atoms with Gasteiger partial charge in [0.05, 0.1) is 4.90 Å². The first kappa shape index (κ1) is 14.3. The van der Waals surface area contributed by atoms with Crippen LogP contribution in [0, 0.1) is 18.3 Å². The van der Waals surface area contributed by atoms with Crippen LogP contribution in [0.4, 0.5) is 0 Å². The molecule has 0 atom stereocenters. The predicted octanol–water partition coefficient (Wildman–Crippen LogP) is 3.75. The highest BCUT2D eigenvalue weighted by molar-refractivity contribution is 7.95. The van der Waals surface area contributed by atoms with Gasteiger partial charge in [-0.2, -0.15) is 16.6 Å². The van der Waals surface area contributed by atoms with Gasteiger partial charge in [0, 0.05) is 20.0 Å². The first-order chi connectivity index (χ1) is 8.95. The molecule has 3 nitrogen and oxygen atoms in total.